The third-order valence-corrected chi connectivity index (χ3v) is 2.91. The van der Waals surface area contributed by atoms with Crippen LogP contribution in [0.1, 0.15) is 19.1 Å². The van der Waals surface area contributed by atoms with Gasteiger partial charge in [-0.1, -0.05) is 0 Å². The summed E-state index contributed by atoms with van der Waals surface area (Å²) in [6.45, 7) is 2.92. The van der Waals surface area contributed by atoms with E-state index in [2.05, 4.69) is 10.6 Å². The Morgan fingerprint density at radius 3 is 2.91 bits per heavy atom. The van der Waals surface area contributed by atoms with E-state index >= 15 is 0 Å². The molecule has 0 radical (unpaired) electrons. The van der Waals surface area contributed by atoms with Crippen LogP contribution in [0.5, 0.6) is 0 Å². The molecule has 0 spiro atoms. The Balaban J connectivity index is 2.45. The van der Waals surface area contributed by atoms with Gasteiger partial charge in [0, 0.05) is 20.1 Å². The zero-order chi connectivity index (χ0) is 17.1. The molecule has 126 valence electrons. The van der Waals surface area contributed by atoms with Crippen molar-refractivity contribution in [2.24, 2.45) is 0 Å². The molecule has 1 aromatic heterocycles. The number of hydrogen-bond acceptors (Lipinski definition) is 6. The van der Waals surface area contributed by atoms with E-state index in [1.807, 2.05) is 6.07 Å². The Labute approximate surface area is 135 Å². The first kappa shape index (κ1) is 18.7. The standard InChI is InChI=1S/C15H22N4O4/c1-12(11-22-2)17-15(21)18-14(20)10-19(7-4-6-16)9-13-5-3-8-23-13/h3,5,8,12H,4,7,9-11H2,1-2H3,(H2,17,18,20,21). The number of carbonyl (C=O) groups excluding carboxylic acids is 2. The van der Waals surface area contributed by atoms with E-state index in [9.17, 15) is 9.59 Å². The van der Waals surface area contributed by atoms with Gasteiger partial charge >= 0.3 is 6.03 Å². The van der Waals surface area contributed by atoms with Crippen molar-refractivity contribution in [1.82, 2.24) is 15.5 Å². The maximum absolute atomic E-state index is 11.9. The number of hydrogen-bond donors (Lipinski definition) is 2. The summed E-state index contributed by atoms with van der Waals surface area (Å²) in [4.78, 5) is 25.3. The number of furan rings is 1. The molecule has 2 N–H and O–H groups in total. The molecule has 8 heteroatoms. The highest BCUT2D eigenvalue weighted by Crippen LogP contribution is 2.05. The molecule has 0 aromatic carbocycles. The van der Waals surface area contributed by atoms with Gasteiger partial charge in [0.2, 0.25) is 5.91 Å². The largest absolute Gasteiger partial charge is 0.468 e. The van der Waals surface area contributed by atoms with Crippen LogP contribution in [0.25, 0.3) is 0 Å². The Hall–Kier alpha value is -2.37. The number of imide groups is 1. The fourth-order valence-corrected chi connectivity index (χ4v) is 1.97. The first-order valence-electron chi connectivity index (χ1n) is 7.26. The lowest BCUT2D eigenvalue weighted by molar-refractivity contribution is -0.121. The van der Waals surface area contributed by atoms with E-state index in [4.69, 9.17) is 14.4 Å². The number of amides is 3. The molecule has 1 unspecified atom stereocenters. The van der Waals surface area contributed by atoms with Crippen LogP contribution in [0.2, 0.25) is 0 Å². The second kappa shape index (κ2) is 10.4. The molecule has 3 amide bonds. The summed E-state index contributed by atoms with van der Waals surface area (Å²) in [5.74, 6) is 0.241. The molecule has 8 nitrogen and oxygen atoms in total. The molecule has 1 rings (SSSR count). The molecular weight excluding hydrogens is 300 g/mol. The Kier molecular flexibility index (Phi) is 8.42. The third-order valence-electron chi connectivity index (χ3n) is 2.91. The number of rotatable bonds is 9. The summed E-state index contributed by atoms with van der Waals surface area (Å²) in [5.41, 5.74) is 0. The van der Waals surface area contributed by atoms with Crippen molar-refractivity contribution in [3.8, 4) is 6.07 Å². The maximum atomic E-state index is 11.9. The second-order valence-corrected chi connectivity index (χ2v) is 5.08. The number of carbonyl (C=O) groups is 2. The summed E-state index contributed by atoms with van der Waals surface area (Å²) in [5, 5.41) is 13.5. The molecule has 0 aliphatic heterocycles. The molecule has 0 fully saturated rings. The van der Waals surface area contributed by atoms with E-state index in [0.717, 1.165) is 0 Å². The second-order valence-electron chi connectivity index (χ2n) is 5.08. The van der Waals surface area contributed by atoms with Crippen molar-refractivity contribution >= 4 is 11.9 Å². The predicted octanol–water partition coefficient (Wildman–Crippen LogP) is 0.856. The highest BCUT2D eigenvalue weighted by Gasteiger charge is 2.15. The molecule has 1 aromatic rings. The SMILES string of the molecule is COCC(C)NC(=O)NC(=O)CN(CCC#N)Cc1ccco1. The lowest BCUT2D eigenvalue weighted by Gasteiger charge is -2.19. The first-order chi connectivity index (χ1) is 11.0. The molecule has 0 aliphatic rings. The van der Waals surface area contributed by atoms with Crippen molar-refractivity contribution in [2.45, 2.75) is 25.9 Å². The first-order valence-corrected chi connectivity index (χ1v) is 7.26. The van der Waals surface area contributed by atoms with Crippen LogP contribution in [-0.4, -0.2) is 49.7 Å². The molecule has 0 bridgehead atoms. The van der Waals surface area contributed by atoms with Gasteiger partial charge in [-0.05, 0) is 19.1 Å². The Bertz CT molecular complexity index is 524. The predicted molar refractivity (Wildman–Crippen MR) is 82.2 cm³/mol. The number of nitriles is 1. The lowest BCUT2D eigenvalue weighted by atomic mass is 10.3. The topological polar surface area (TPSA) is 108 Å². The minimum absolute atomic E-state index is 0.00550. The molecule has 1 atom stereocenters. The number of urea groups is 1. The molecular formula is C15H22N4O4. The van der Waals surface area contributed by atoms with Crippen molar-refractivity contribution in [3.05, 3.63) is 24.2 Å². The van der Waals surface area contributed by atoms with Gasteiger partial charge in [0.15, 0.2) is 0 Å². The van der Waals surface area contributed by atoms with Gasteiger partial charge in [-0.2, -0.15) is 5.26 Å². The molecule has 0 saturated heterocycles. The third kappa shape index (κ3) is 7.99. The summed E-state index contributed by atoms with van der Waals surface area (Å²) >= 11 is 0. The number of methoxy groups -OCH3 is 1. The van der Waals surface area contributed by atoms with Gasteiger partial charge in [0.05, 0.1) is 38.1 Å². The average molecular weight is 322 g/mol. The zero-order valence-electron chi connectivity index (χ0n) is 13.4. The van der Waals surface area contributed by atoms with E-state index < -0.39 is 11.9 Å². The highest BCUT2D eigenvalue weighted by molar-refractivity contribution is 5.95. The molecule has 0 aliphatic carbocycles. The Morgan fingerprint density at radius 2 is 2.30 bits per heavy atom. The van der Waals surface area contributed by atoms with Gasteiger partial charge in [0.1, 0.15) is 5.76 Å². The average Bonchev–Trinajstić information content (AvgIpc) is 2.97. The van der Waals surface area contributed by atoms with Crippen molar-refractivity contribution in [3.63, 3.8) is 0 Å². The van der Waals surface area contributed by atoms with Gasteiger partial charge in [0.25, 0.3) is 0 Å². The monoisotopic (exact) mass is 322 g/mol. The highest BCUT2D eigenvalue weighted by atomic mass is 16.5. The lowest BCUT2D eigenvalue weighted by Crippen LogP contribution is -2.47. The maximum Gasteiger partial charge on any atom is 0.321 e. The van der Waals surface area contributed by atoms with Crippen molar-refractivity contribution < 1.29 is 18.7 Å². The quantitative estimate of drug-likeness (QED) is 0.698. The van der Waals surface area contributed by atoms with Crippen LogP contribution in [0.3, 0.4) is 0 Å². The van der Waals surface area contributed by atoms with Crippen molar-refractivity contribution in [2.75, 3.05) is 26.8 Å². The van der Waals surface area contributed by atoms with E-state index in [-0.39, 0.29) is 19.0 Å². The van der Waals surface area contributed by atoms with Gasteiger partial charge in [-0.3, -0.25) is 15.0 Å². The van der Waals surface area contributed by atoms with Crippen LogP contribution < -0.4 is 10.6 Å². The van der Waals surface area contributed by atoms with Gasteiger partial charge in [-0.15, -0.1) is 0 Å². The number of ether oxygens (including phenoxy) is 1. The van der Waals surface area contributed by atoms with Crippen LogP contribution >= 0.6 is 0 Å². The van der Waals surface area contributed by atoms with E-state index in [0.29, 0.717) is 25.5 Å². The van der Waals surface area contributed by atoms with Crippen molar-refractivity contribution in [1.29, 1.82) is 5.26 Å². The number of nitrogens with zero attached hydrogens (tertiary/aromatic N) is 2. The van der Waals surface area contributed by atoms with E-state index in [1.54, 1.807) is 30.2 Å². The molecule has 0 saturated carbocycles. The minimum atomic E-state index is -0.571. The van der Waals surface area contributed by atoms with Crippen LogP contribution in [-0.2, 0) is 16.1 Å². The summed E-state index contributed by atoms with van der Waals surface area (Å²) in [7, 11) is 1.53. The minimum Gasteiger partial charge on any atom is -0.468 e. The van der Waals surface area contributed by atoms with Gasteiger partial charge < -0.3 is 14.5 Å². The summed E-state index contributed by atoms with van der Waals surface area (Å²) in [6, 6.07) is 4.80. The van der Waals surface area contributed by atoms with E-state index in [1.165, 1.54) is 7.11 Å². The molecule has 1 heterocycles. The van der Waals surface area contributed by atoms with Crippen LogP contribution in [0.15, 0.2) is 22.8 Å². The summed E-state index contributed by atoms with van der Waals surface area (Å²) < 4.78 is 10.1. The Morgan fingerprint density at radius 1 is 1.52 bits per heavy atom. The normalized spacial score (nSPS) is 11.7. The smallest absolute Gasteiger partial charge is 0.321 e. The fraction of sp³-hybridized carbons (Fsp3) is 0.533. The fourth-order valence-electron chi connectivity index (χ4n) is 1.97. The molecule has 23 heavy (non-hydrogen) atoms. The van der Waals surface area contributed by atoms with Crippen LogP contribution in [0.4, 0.5) is 4.79 Å². The summed E-state index contributed by atoms with van der Waals surface area (Å²) in [6.07, 6.45) is 1.83. The zero-order valence-corrected chi connectivity index (χ0v) is 13.4. The number of nitrogens with one attached hydrogen (secondary N) is 2. The van der Waals surface area contributed by atoms with Crippen LogP contribution in [0, 0.1) is 11.3 Å². The van der Waals surface area contributed by atoms with Gasteiger partial charge in [-0.25, -0.2) is 4.79 Å².